The highest BCUT2D eigenvalue weighted by Gasteiger charge is 2.20. The topological polar surface area (TPSA) is 70.6 Å². The van der Waals surface area contributed by atoms with E-state index in [0.29, 0.717) is 26.8 Å². The lowest BCUT2D eigenvalue weighted by atomic mass is 10.0. The number of nitrogens with zero attached hydrogens (tertiary/aromatic N) is 3. The average Bonchev–Trinajstić information content (AvgIpc) is 3.13. The van der Waals surface area contributed by atoms with Crippen LogP contribution in [0.15, 0.2) is 36.7 Å². The monoisotopic (exact) mass is 462 g/mol. The molecule has 0 radical (unpaired) electrons. The number of nitrogens with one attached hydrogen (secondary N) is 3. The van der Waals surface area contributed by atoms with Gasteiger partial charge in [0.05, 0.1) is 27.5 Å². The van der Waals surface area contributed by atoms with Gasteiger partial charge in [0, 0.05) is 18.4 Å². The van der Waals surface area contributed by atoms with Crippen LogP contribution in [-0.4, -0.2) is 38.7 Å². The number of benzene rings is 1. The third-order valence-corrected chi connectivity index (χ3v) is 6.48. The number of aromatic nitrogens is 4. The maximum absolute atomic E-state index is 6.28. The molecule has 9 heteroatoms. The Kier molecular flexibility index (Phi) is 6.73. The first-order valence-corrected chi connectivity index (χ1v) is 11.3. The van der Waals surface area contributed by atoms with Gasteiger partial charge in [-0.05, 0) is 68.3 Å². The van der Waals surface area contributed by atoms with Crippen molar-refractivity contribution in [3.63, 3.8) is 0 Å². The Morgan fingerprint density at radius 2 is 2.03 bits per heavy atom. The zero-order valence-electron chi connectivity index (χ0n) is 16.7. The molecule has 0 aliphatic carbocycles. The highest BCUT2D eigenvalue weighted by molar-refractivity contribution is 7.71. The molecule has 1 fully saturated rings. The van der Waals surface area contributed by atoms with Gasteiger partial charge in [-0.2, -0.15) is 0 Å². The number of hydrogen-bond donors (Lipinski definition) is 3. The van der Waals surface area contributed by atoms with Crippen molar-refractivity contribution in [2.75, 3.05) is 18.4 Å². The Morgan fingerprint density at radius 3 is 2.77 bits per heavy atom. The minimum atomic E-state index is 0.00399. The van der Waals surface area contributed by atoms with E-state index in [4.69, 9.17) is 40.4 Å². The van der Waals surface area contributed by atoms with Gasteiger partial charge in [-0.25, -0.2) is 9.97 Å². The number of H-pyrrole nitrogens is 1. The molecule has 0 amide bonds. The fourth-order valence-corrected chi connectivity index (χ4v) is 4.48. The van der Waals surface area contributed by atoms with Crippen molar-refractivity contribution in [1.29, 1.82) is 0 Å². The summed E-state index contributed by atoms with van der Waals surface area (Å²) in [6.45, 7) is 4.14. The summed E-state index contributed by atoms with van der Waals surface area (Å²) < 4.78 is 2.72. The molecule has 1 aliphatic rings. The zero-order chi connectivity index (χ0) is 21.1. The second kappa shape index (κ2) is 9.47. The number of rotatable bonds is 6. The van der Waals surface area contributed by atoms with Gasteiger partial charge < -0.3 is 20.2 Å². The van der Waals surface area contributed by atoms with Crippen LogP contribution in [0.25, 0.3) is 11.4 Å². The Balaban J connectivity index is 1.68. The molecule has 0 saturated carbocycles. The van der Waals surface area contributed by atoms with E-state index in [1.807, 2.05) is 30.5 Å². The van der Waals surface area contributed by atoms with Gasteiger partial charge in [0.25, 0.3) is 0 Å². The third kappa shape index (κ3) is 4.54. The maximum atomic E-state index is 6.28. The lowest BCUT2D eigenvalue weighted by Gasteiger charge is -2.24. The van der Waals surface area contributed by atoms with Crippen LogP contribution in [0, 0.1) is 4.77 Å². The Labute approximate surface area is 191 Å². The van der Waals surface area contributed by atoms with Crippen LogP contribution in [0.4, 0.5) is 5.95 Å². The van der Waals surface area contributed by atoms with E-state index in [2.05, 4.69) is 32.1 Å². The molecule has 0 spiro atoms. The summed E-state index contributed by atoms with van der Waals surface area (Å²) in [6, 6.07) is 8.01. The normalized spacial score (nSPS) is 15.8. The highest BCUT2D eigenvalue weighted by Crippen LogP contribution is 2.32. The van der Waals surface area contributed by atoms with Gasteiger partial charge in [-0.1, -0.05) is 36.2 Å². The molecule has 1 aliphatic heterocycles. The smallest absolute Gasteiger partial charge is 0.223 e. The van der Waals surface area contributed by atoms with Gasteiger partial charge in [-0.15, -0.1) is 0 Å². The molecule has 1 unspecified atom stereocenters. The van der Waals surface area contributed by atoms with Gasteiger partial charge in [0.15, 0.2) is 4.77 Å². The first-order chi connectivity index (χ1) is 14.6. The lowest BCUT2D eigenvalue weighted by Crippen LogP contribution is -2.35. The molecule has 1 saturated heterocycles. The van der Waals surface area contributed by atoms with Crippen LogP contribution in [0.2, 0.25) is 10.0 Å². The molecule has 3 N–H and O–H groups in total. The predicted molar refractivity (Wildman–Crippen MR) is 125 cm³/mol. The summed E-state index contributed by atoms with van der Waals surface area (Å²) in [5, 5.41) is 7.91. The summed E-state index contributed by atoms with van der Waals surface area (Å²) in [7, 11) is 0. The first kappa shape index (κ1) is 21.3. The largest absolute Gasteiger partial charge is 0.351 e. The maximum Gasteiger partial charge on any atom is 0.223 e. The molecule has 30 heavy (non-hydrogen) atoms. The van der Waals surface area contributed by atoms with Crippen molar-refractivity contribution < 1.29 is 0 Å². The highest BCUT2D eigenvalue weighted by atomic mass is 35.5. The van der Waals surface area contributed by atoms with E-state index in [9.17, 15) is 0 Å². The number of anilines is 1. The van der Waals surface area contributed by atoms with E-state index in [-0.39, 0.29) is 6.04 Å². The Morgan fingerprint density at radius 1 is 1.23 bits per heavy atom. The molecule has 6 nitrogen and oxygen atoms in total. The van der Waals surface area contributed by atoms with Crippen molar-refractivity contribution in [3.8, 4) is 11.4 Å². The lowest BCUT2D eigenvalue weighted by molar-refractivity contribution is 0.477. The van der Waals surface area contributed by atoms with Crippen molar-refractivity contribution in [3.05, 3.63) is 57.0 Å². The molecule has 0 bridgehead atoms. The van der Waals surface area contributed by atoms with Crippen LogP contribution in [-0.2, 0) is 0 Å². The quantitative estimate of drug-likeness (QED) is 0.423. The van der Waals surface area contributed by atoms with Crippen LogP contribution >= 0.6 is 35.4 Å². The standard InChI is InChI=1S/C21H24Cl2N6S/c1-2-18(13-3-4-15(22)16(23)11-13)29-19(12-26-21(29)30)17-7-10-25-20(28-17)27-14-5-8-24-9-6-14/h3-4,7,10-12,14,18,24H,2,5-6,8-9H2,1H3,(H,26,30)(H,25,27,28). The fraction of sp³-hybridized carbons (Fsp3) is 0.381. The summed E-state index contributed by atoms with van der Waals surface area (Å²) in [5.41, 5.74) is 2.77. The van der Waals surface area contributed by atoms with Crippen molar-refractivity contribution >= 4 is 41.4 Å². The van der Waals surface area contributed by atoms with Crippen LogP contribution < -0.4 is 10.6 Å². The van der Waals surface area contributed by atoms with Crippen LogP contribution in [0.1, 0.15) is 37.8 Å². The van der Waals surface area contributed by atoms with Crippen molar-refractivity contribution in [1.82, 2.24) is 24.8 Å². The summed E-state index contributed by atoms with van der Waals surface area (Å²) >= 11 is 18.0. The van der Waals surface area contributed by atoms with E-state index < -0.39 is 0 Å². The average molecular weight is 463 g/mol. The number of halogens is 2. The van der Waals surface area contributed by atoms with Gasteiger partial charge in [-0.3, -0.25) is 0 Å². The number of piperidine rings is 1. The molecule has 158 valence electrons. The zero-order valence-corrected chi connectivity index (χ0v) is 19.0. The first-order valence-electron chi connectivity index (χ1n) is 10.1. The summed E-state index contributed by atoms with van der Waals surface area (Å²) in [4.78, 5) is 12.4. The molecule has 1 atom stereocenters. The van der Waals surface area contributed by atoms with Gasteiger partial charge in [0.1, 0.15) is 0 Å². The van der Waals surface area contributed by atoms with Gasteiger partial charge in [0.2, 0.25) is 5.95 Å². The van der Waals surface area contributed by atoms with E-state index in [1.165, 1.54) is 0 Å². The summed E-state index contributed by atoms with van der Waals surface area (Å²) in [5.74, 6) is 0.639. The molecular weight excluding hydrogens is 439 g/mol. The van der Waals surface area contributed by atoms with Gasteiger partial charge >= 0.3 is 0 Å². The summed E-state index contributed by atoms with van der Waals surface area (Å²) in [6.07, 6.45) is 6.64. The molecule has 4 rings (SSSR count). The van der Waals surface area contributed by atoms with Crippen LogP contribution in [0.3, 0.4) is 0 Å². The van der Waals surface area contributed by atoms with E-state index in [0.717, 1.165) is 49.3 Å². The molecule has 1 aromatic carbocycles. The molecule has 3 aromatic rings. The predicted octanol–water partition coefficient (Wildman–Crippen LogP) is 5.47. The van der Waals surface area contributed by atoms with Crippen LogP contribution in [0.5, 0.6) is 0 Å². The molecule has 2 aromatic heterocycles. The minimum Gasteiger partial charge on any atom is -0.351 e. The molecule has 3 heterocycles. The number of hydrogen-bond acceptors (Lipinski definition) is 5. The Bertz CT molecular complexity index is 1070. The van der Waals surface area contributed by atoms with Crippen molar-refractivity contribution in [2.45, 2.75) is 38.3 Å². The third-order valence-electron chi connectivity index (χ3n) is 5.43. The fourth-order valence-electron chi connectivity index (χ4n) is 3.89. The van der Waals surface area contributed by atoms with E-state index >= 15 is 0 Å². The second-order valence-electron chi connectivity index (χ2n) is 7.38. The number of imidazole rings is 1. The minimum absolute atomic E-state index is 0.00399. The Hall–Kier alpha value is -1.93. The second-order valence-corrected chi connectivity index (χ2v) is 8.58. The number of aromatic amines is 1. The van der Waals surface area contributed by atoms with E-state index in [1.54, 1.807) is 6.20 Å². The SMILES string of the molecule is CCC(c1ccc(Cl)c(Cl)c1)n1c(-c2ccnc(NC3CCNCC3)n2)c[nH]c1=S. The van der Waals surface area contributed by atoms with Crippen molar-refractivity contribution in [2.24, 2.45) is 0 Å². The molecular formula is C21H24Cl2N6S.